The van der Waals surface area contributed by atoms with E-state index in [-0.39, 0.29) is 17.1 Å². The van der Waals surface area contributed by atoms with Crippen molar-refractivity contribution in [2.45, 2.75) is 46.1 Å². The number of ether oxygens (including phenoxy) is 1. The van der Waals surface area contributed by atoms with Crippen molar-refractivity contribution in [1.29, 1.82) is 0 Å². The molecule has 0 N–H and O–H groups in total. The molecule has 0 aliphatic heterocycles. The summed E-state index contributed by atoms with van der Waals surface area (Å²) in [5, 5.41) is 0. The summed E-state index contributed by atoms with van der Waals surface area (Å²) in [6.45, 7) is 11.9. The maximum absolute atomic E-state index is 12.0. The fourth-order valence-corrected chi connectivity index (χ4v) is 2.89. The summed E-state index contributed by atoms with van der Waals surface area (Å²) in [4.78, 5) is 12.0. The van der Waals surface area contributed by atoms with Crippen molar-refractivity contribution in [3.8, 4) is 0 Å². The van der Waals surface area contributed by atoms with Crippen LogP contribution in [0.4, 0.5) is 0 Å². The minimum Gasteiger partial charge on any atom is -0.370 e. The van der Waals surface area contributed by atoms with Gasteiger partial charge in [0.15, 0.2) is 5.78 Å². The van der Waals surface area contributed by atoms with Crippen LogP contribution < -0.4 is 0 Å². The zero-order valence-corrected chi connectivity index (χ0v) is 11.7. The first-order valence-corrected chi connectivity index (χ1v) is 6.16. The molecule has 17 heavy (non-hydrogen) atoms. The van der Waals surface area contributed by atoms with Crippen LogP contribution in [-0.2, 0) is 9.53 Å². The molecule has 0 saturated heterocycles. The quantitative estimate of drug-likeness (QED) is 0.698. The number of methoxy groups -OCH3 is 1. The zero-order chi connectivity index (χ0) is 13.3. The van der Waals surface area contributed by atoms with Crippen LogP contribution in [-0.4, -0.2) is 18.5 Å². The topological polar surface area (TPSA) is 26.3 Å². The third-order valence-electron chi connectivity index (χ3n) is 4.02. The molecule has 1 rings (SSSR count). The van der Waals surface area contributed by atoms with E-state index in [9.17, 15) is 4.79 Å². The molecule has 96 valence electrons. The van der Waals surface area contributed by atoms with Crippen molar-refractivity contribution < 1.29 is 9.53 Å². The fraction of sp³-hybridized carbons (Fsp3) is 0.667. The summed E-state index contributed by atoms with van der Waals surface area (Å²) in [6, 6.07) is 0. The highest BCUT2D eigenvalue weighted by Gasteiger charge is 2.54. The first-order valence-electron chi connectivity index (χ1n) is 6.16. The monoisotopic (exact) mass is 236 g/mol. The van der Waals surface area contributed by atoms with Crippen molar-refractivity contribution in [1.82, 2.24) is 0 Å². The van der Waals surface area contributed by atoms with Crippen LogP contribution in [0.5, 0.6) is 0 Å². The highest BCUT2D eigenvalue weighted by atomic mass is 16.5. The Morgan fingerprint density at radius 3 is 2.35 bits per heavy atom. The lowest BCUT2D eigenvalue weighted by molar-refractivity contribution is -0.143. The van der Waals surface area contributed by atoms with Gasteiger partial charge in [0.05, 0.1) is 0 Å². The van der Waals surface area contributed by atoms with Crippen LogP contribution in [0.15, 0.2) is 24.3 Å². The van der Waals surface area contributed by atoms with E-state index in [0.29, 0.717) is 0 Å². The second-order valence-corrected chi connectivity index (χ2v) is 5.82. The fourth-order valence-electron chi connectivity index (χ4n) is 2.89. The Kier molecular flexibility index (Phi) is 3.98. The molecule has 2 nitrogen and oxygen atoms in total. The second kappa shape index (κ2) is 4.77. The minimum absolute atomic E-state index is 0.0909. The molecule has 2 atom stereocenters. The average Bonchev–Trinajstić information content (AvgIpc) is 2.47. The van der Waals surface area contributed by atoms with Crippen molar-refractivity contribution >= 4 is 5.78 Å². The molecular weight excluding hydrogens is 212 g/mol. The SMILES string of the molecule is C=C(C)/C=C/C1C(C)(C)CCC1(OC)C(C)=O. The van der Waals surface area contributed by atoms with E-state index >= 15 is 0 Å². The van der Waals surface area contributed by atoms with Gasteiger partial charge in [0, 0.05) is 13.0 Å². The van der Waals surface area contributed by atoms with Gasteiger partial charge in [-0.05, 0) is 32.1 Å². The van der Waals surface area contributed by atoms with Gasteiger partial charge in [-0.25, -0.2) is 0 Å². The molecule has 0 radical (unpaired) electrons. The summed E-state index contributed by atoms with van der Waals surface area (Å²) in [7, 11) is 1.64. The summed E-state index contributed by atoms with van der Waals surface area (Å²) >= 11 is 0. The van der Waals surface area contributed by atoms with Gasteiger partial charge in [0.1, 0.15) is 5.60 Å². The van der Waals surface area contributed by atoms with E-state index in [1.54, 1.807) is 14.0 Å². The van der Waals surface area contributed by atoms with Gasteiger partial charge in [0.2, 0.25) is 0 Å². The molecule has 0 spiro atoms. The Morgan fingerprint density at radius 2 is 1.94 bits per heavy atom. The minimum atomic E-state index is -0.643. The lowest BCUT2D eigenvalue weighted by Crippen LogP contribution is -2.45. The highest BCUT2D eigenvalue weighted by Crippen LogP contribution is 2.51. The lowest BCUT2D eigenvalue weighted by atomic mass is 9.75. The predicted molar refractivity (Wildman–Crippen MR) is 70.9 cm³/mol. The Hall–Kier alpha value is -0.890. The Bertz CT molecular complexity index is 352. The molecule has 2 unspecified atom stereocenters. The van der Waals surface area contributed by atoms with E-state index in [1.807, 2.05) is 13.0 Å². The van der Waals surface area contributed by atoms with Gasteiger partial charge < -0.3 is 4.74 Å². The van der Waals surface area contributed by atoms with Crippen molar-refractivity contribution in [2.24, 2.45) is 11.3 Å². The second-order valence-electron chi connectivity index (χ2n) is 5.82. The summed E-state index contributed by atoms with van der Waals surface area (Å²) in [6.07, 6.45) is 5.90. The van der Waals surface area contributed by atoms with Gasteiger partial charge in [-0.15, -0.1) is 0 Å². The molecule has 0 aromatic rings. The van der Waals surface area contributed by atoms with E-state index < -0.39 is 5.60 Å². The first-order chi connectivity index (χ1) is 7.76. The van der Waals surface area contributed by atoms with Gasteiger partial charge in [-0.2, -0.15) is 0 Å². The van der Waals surface area contributed by atoms with Gasteiger partial charge in [-0.3, -0.25) is 4.79 Å². The van der Waals surface area contributed by atoms with Crippen molar-refractivity contribution in [3.05, 3.63) is 24.3 Å². The van der Waals surface area contributed by atoms with E-state index in [2.05, 4.69) is 26.5 Å². The predicted octanol–water partition coefficient (Wildman–Crippen LogP) is 3.53. The number of rotatable bonds is 4. The smallest absolute Gasteiger partial charge is 0.162 e. The molecule has 2 heteroatoms. The molecular formula is C15H24O2. The summed E-state index contributed by atoms with van der Waals surface area (Å²) < 4.78 is 5.61. The van der Waals surface area contributed by atoms with Crippen LogP contribution in [0, 0.1) is 11.3 Å². The number of carbonyl (C=O) groups is 1. The summed E-state index contributed by atoms with van der Waals surface area (Å²) in [5.41, 5.74) is 0.449. The number of ketones is 1. The molecule has 0 bridgehead atoms. The van der Waals surface area contributed by atoms with Gasteiger partial charge in [0.25, 0.3) is 0 Å². The van der Waals surface area contributed by atoms with E-state index in [4.69, 9.17) is 4.74 Å². The standard InChI is InChI=1S/C15H24O2/c1-11(2)7-8-13-14(4,5)9-10-15(13,17-6)12(3)16/h7-8,13H,1,9-10H2,2-6H3/b8-7+. The number of Topliss-reactive ketones (excluding diaryl/α,β-unsaturated/α-hetero) is 1. The molecule has 0 amide bonds. The summed E-state index contributed by atoms with van der Waals surface area (Å²) in [5.74, 6) is 0.246. The molecule has 1 aliphatic rings. The third-order valence-corrected chi connectivity index (χ3v) is 4.02. The van der Waals surface area contributed by atoms with E-state index in [0.717, 1.165) is 18.4 Å². The van der Waals surface area contributed by atoms with Crippen LogP contribution >= 0.6 is 0 Å². The number of hydrogen-bond acceptors (Lipinski definition) is 2. The molecule has 1 aliphatic carbocycles. The molecule has 0 aromatic carbocycles. The van der Waals surface area contributed by atoms with Crippen molar-refractivity contribution in [3.63, 3.8) is 0 Å². The van der Waals surface area contributed by atoms with Crippen LogP contribution in [0.2, 0.25) is 0 Å². The van der Waals surface area contributed by atoms with Gasteiger partial charge >= 0.3 is 0 Å². The van der Waals surface area contributed by atoms with Crippen LogP contribution in [0.25, 0.3) is 0 Å². The largest absolute Gasteiger partial charge is 0.370 e. The van der Waals surface area contributed by atoms with Crippen molar-refractivity contribution in [2.75, 3.05) is 7.11 Å². The maximum atomic E-state index is 12.0. The molecule has 1 fully saturated rings. The van der Waals surface area contributed by atoms with E-state index in [1.165, 1.54) is 0 Å². The number of hydrogen-bond donors (Lipinski definition) is 0. The molecule has 0 heterocycles. The number of carbonyl (C=O) groups excluding carboxylic acids is 1. The normalized spacial score (nSPS) is 31.9. The Labute approximate surface area is 105 Å². The zero-order valence-electron chi connectivity index (χ0n) is 11.7. The molecule has 1 saturated carbocycles. The Morgan fingerprint density at radius 1 is 1.35 bits per heavy atom. The average molecular weight is 236 g/mol. The maximum Gasteiger partial charge on any atom is 0.162 e. The molecule has 0 aromatic heterocycles. The van der Waals surface area contributed by atoms with Crippen LogP contribution in [0.3, 0.4) is 0 Å². The van der Waals surface area contributed by atoms with Gasteiger partial charge in [-0.1, -0.05) is 38.2 Å². The third kappa shape index (κ3) is 2.52. The number of allylic oxidation sites excluding steroid dienone is 2. The van der Waals surface area contributed by atoms with Crippen LogP contribution in [0.1, 0.15) is 40.5 Å². The highest BCUT2D eigenvalue weighted by molar-refractivity contribution is 5.86. The lowest BCUT2D eigenvalue weighted by Gasteiger charge is -2.35. The first kappa shape index (κ1) is 14.2. The Balaban J connectivity index is 3.14.